The Labute approximate surface area is 110 Å². The van der Waals surface area contributed by atoms with Crippen LogP contribution in [0.5, 0.6) is 0 Å². The summed E-state index contributed by atoms with van der Waals surface area (Å²) in [5.74, 6) is -0.798. The average Bonchev–Trinajstić information content (AvgIpc) is 2.76. The zero-order chi connectivity index (χ0) is 13.9. The van der Waals surface area contributed by atoms with Gasteiger partial charge in [0, 0.05) is 25.8 Å². The van der Waals surface area contributed by atoms with Crippen molar-refractivity contribution in [2.45, 2.75) is 31.9 Å². The minimum Gasteiger partial charge on any atom is -0.374 e. The van der Waals surface area contributed by atoms with Gasteiger partial charge < -0.3 is 10.1 Å². The van der Waals surface area contributed by atoms with Crippen LogP contribution in [-0.4, -0.2) is 23.7 Å². The van der Waals surface area contributed by atoms with E-state index in [0.29, 0.717) is 18.7 Å². The molecule has 1 aliphatic rings. The highest BCUT2D eigenvalue weighted by molar-refractivity contribution is 5.34. The van der Waals surface area contributed by atoms with E-state index < -0.39 is 16.4 Å². The second-order valence-corrected chi connectivity index (χ2v) is 5.05. The molecule has 1 aromatic carbocycles. The van der Waals surface area contributed by atoms with Crippen molar-refractivity contribution in [1.82, 2.24) is 5.32 Å². The van der Waals surface area contributed by atoms with Crippen molar-refractivity contribution < 1.29 is 14.1 Å². The van der Waals surface area contributed by atoms with Gasteiger partial charge in [0.05, 0.1) is 10.5 Å². The first-order valence-corrected chi connectivity index (χ1v) is 6.28. The van der Waals surface area contributed by atoms with Crippen molar-refractivity contribution in [3.05, 3.63) is 39.7 Å². The van der Waals surface area contributed by atoms with E-state index in [4.69, 9.17) is 4.74 Å². The summed E-state index contributed by atoms with van der Waals surface area (Å²) in [7, 11) is 0. The molecule has 1 unspecified atom stereocenters. The van der Waals surface area contributed by atoms with Gasteiger partial charge in [-0.05, 0) is 31.4 Å². The molecule has 1 aromatic rings. The molecule has 1 heterocycles. The Morgan fingerprint density at radius 3 is 2.95 bits per heavy atom. The van der Waals surface area contributed by atoms with Gasteiger partial charge in [-0.25, -0.2) is 0 Å². The van der Waals surface area contributed by atoms with Crippen LogP contribution < -0.4 is 5.32 Å². The quantitative estimate of drug-likeness (QED) is 0.658. The molecule has 2 rings (SSSR count). The lowest BCUT2D eigenvalue weighted by Gasteiger charge is -2.23. The Morgan fingerprint density at radius 2 is 2.37 bits per heavy atom. The van der Waals surface area contributed by atoms with Crippen molar-refractivity contribution in [1.29, 1.82) is 0 Å². The summed E-state index contributed by atoms with van der Waals surface area (Å²) in [6, 6.07) is 3.95. The number of hydrogen-bond donors (Lipinski definition) is 1. The molecular weight excluding hydrogens is 251 g/mol. The van der Waals surface area contributed by atoms with Gasteiger partial charge >= 0.3 is 5.69 Å². The minimum absolute atomic E-state index is 0.153. The number of hydrogen-bond acceptors (Lipinski definition) is 4. The number of nitrogens with one attached hydrogen (secondary N) is 1. The lowest BCUT2D eigenvalue weighted by Crippen LogP contribution is -2.36. The molecule has 0 bridgehead atoms. The van der Waals surface area contributed by atoms with Gasteiger partial charge in [0.1, 0.15) is 0 Å². The number of halogens is 1. The highest BCUT2D eigenvalue weighted by Crippen LogP contribution is 2.24. The largest absolute Gasteiger partial charge is 0.374 e. The maximum Gasteiger partial charge on any atom is 0.304 e. The van der Waals surface area contributed by atoms with E-state index in [0.717, 1.165) is 19.4 Å². The van der Waals surface area contributed by atoms with Crippen molar-refractivity contribution in [2.24, 2.45) is 0 Å². The van der Waals surface area contributed by atoms with Gasteiger partial charge in [0.15, 0.2) is 0 Å². The predicted octanol–water partition coefficient (Wildman–Crippen LogP) is 2.39. The van der Waals surface area contributed by atoms with Crippen LogP contribution in [0, 0.1) is 15.9 Å². The third-order valence-electron chi connectivity index (χ3n) is 3.34. The van der Waals surface area contributed by atoms with Crippen LogP contribution in [0.1, 0.15) is 25.3 Å². The van der Waals surface area contributed by atoms with Crippen molar-refractivity contribution in [3.8, 4) is 0 Å². The summed E-state index contributed by atoms with van der Waals surface area (Å²) in [6.07, 6.45) is 2.07. The van der Waals surface area contributed by atoms with Gasteiger partial charge in [-0.3, -0.25) is 10.1 Å². The molecule has 0 spiro atoms. The maximum atomic E-state index is 13.4. The number of nitro benzene ring substituents is 1. The number of nitrogens with zero attached hydrogens (tertiary/aromatic N) is 1. The molecule has 1 atom stereocenters. The van der Waals surface area contributed by atoms with Gasteiger partial charge in [-0.15, -0.1) is 0 Å². The molecule has 19 heavy (non-hydrogen) atoms. The van der Waals surface area contributed by atoms with E-state index in [1.54, 1.807) is 6.07 Å². The zero-order valence-electron chi connectivity index (χ0n) is 10.8. The van der Waals surface area contributed by atoms with Crippen molar-refractivity contribution in [3.63, 3.8) is 0 Å². The molecule has 1 saturated heterocycles. The normalized spacial score (nSPS) is 22.6. The predicted molar refractivity (Wildman–Crippen MR) is 68.4 cm³/mol. The molecule has 6 heteroatoms. The van der Waals surface area contributed by atoms with Crippen LogP contribution in [0.3, 0.4) is 0 Å². The van der Waals surface area contributed by atoms with Crippen LogP contribution >= 0.6 is 0 Å². The van der Waals surface area contributed by atoms with Gasteiger partial charge in [-0.2, -0.15) is 4.39 Å². The van der Waals surface area contributed by atoms with E-state index >= 15 is 0 Å². The molecule has 1 aliphatic heterocycles. The van der Waals surface area contributed by atoms with Crippen molar-refractivity contribution in [2.75, 3.05) is 13.2 Å². The summed E-state index contributed by atoms with van der Waals surface area (Å²) in [5.41, 5.74) is 0.0406. The average molecular weight is 268 g/mol. The Hall–Kier alpha value is -1.53. The van der Waals surface area contributed by atoms with E-state index in [2.05, 4.69) is 5.32 Å². The first-order valence-electron chi connectivity index (χ1n) is 6.28. The zero-order valence-corrected chi connectivity index (χ0v) is 10.8. The summed E-state index contributed by atoms with van der Waals surface area (Å²) in [6.45, 7) is 3.98. The van der Waals surface area contributed by atoms with Crippen LogP contribution in [0.15, 0.2) is 18.2 Å². The molecule has 1 fully saturated rings. The Morgan fingerprint density at radius 1 is 1.58 bits per heavy atom. The fourth-order valence-corrected chi connectivity index (χ4v) is 2.26. The molecular formula is C13H17FN2O3. The molecule has 104 valence electrons. The lowest BCUT2D eigenvalue weighted by atomic mass is 10.0. The summed E-state index contributed by atoms with van der Waals surface area (Å²) in [5, 5.41) is 13.7. The van der Waals surface area contributed by atoms with E-state index in [9.17, 15) is 14.5 Å². The molecule has 0 amide bonds. The first kappa shape index (κ1) is 13.9. The molecule has 0 saturated carbocycles. The highest BCUT2D eigenvalue weighted by atomic mass is 19.1. The van der Waals surface area contributed by atoms with E-state index in [1.165, 1.54) is 12.1 Å². The third-order valence-corrected chi connectivity index (χ3v) is 3.34. The molecule has 5 nitrogen and oxygen atoms in total. The summed E-state index contributed by atoms with van der Waals surface area (Å²) < 4.78 is 19.0. The molecule has 0 aromatic heterocycles. The molecule has 1 N–H and O–H groups in total. The molecule has 0 radical (unpaired) electrons. The summed E-state index contributed by atoms with van der Waals surface area (Å²) >= 11 is 0. The van der Waals surface area contributed by atoms with Crippen LogP contribution in [-0.2, 0) is 11.3 Å². The Kier molecular flexibility index (Phi) is 4.11. The number of nitro groups is 1. The standard InChI is InChI=1S/C13H17FN2O3/c1-13(5-2-6-19-13)9-15-8-10-3-4-12(16(17)18)11(14)7-10/h3-4,7,15H,2,5-6,8-9H2,1H3. The topological polar surface area (TPSA) is 64.4 Å². The van der Waals surface area contributed by atoms with Crippen LogP contribution in [0.2, 0.25) is 0 Å². The maximum absolute atomic E-state index is 13.4. The minimum atomic E-state index is -0.798. The monoisotopic (exact) mass is 268 g/mol. The van der Waals surface area contributed by atoms with Crippen LogP contribution in [0.4, 0.5) is 10.1 Å². The number of benzene rings is 1. The first-order chi connectivity index (χ1) is 9.00. The van der Waals surface area contributed by atoms with E-state index in [-0.39, 0.29) is 5.60 Å². The Balaban J connectivity index is 1.89. The van der Waals surface area contributed by atoms with Gasteiger partial charge in [-0.1, -0.05) is 6.07 Å². The fourth-order valence-electron chi connectivity index (χ4n) is 2.26. The smallest absolute Gasteiger partial charge is 0.304 e. The Bertz CT molecular complexity index is 473. The van der Waals surface area contributed by atoms with E-state index in [1.807, 2.05) is 6.92 Å². The SMILES string of the molecule is CC1(CNCc2ccc([N+](=O)[O-])c(F)c2)CCCO1. The van der Waals surface area contributed by atoms with Gasteiger partial charge in [0.25, 0.3) is 0 Å². The fraction of sp³-hybridized carbons (Fsp3) is 0.538. The summed E-state index contributed by atoms with van der Waals surface area (Å²) in [4.78, 5) is 9.77. The van der Waals surface area contributed by atoms with Crippen molar-refractivity contribution >= 4 is 5.69 Å². The third kappa shape index (κ3) is 3.48. The number of rotatable bonds is 5. The highest BCUT2D eigenvalue weighted by Gasteiger charge is 2.29. The van der Waals surface area contributed by atoms with Gasteiger partial charge in [0.2, 0.25) is 5.82 Å². The second kappa shape index (κ2) is 5.63. The lowest BCUT2D eigenvalue weighted by molar-refractivity contribution is -0.387. The van der Waals surface area contributed by atoms with Crippen LogP contribution in [0.25, 0.3) is 0 Å². The number of ether oxygens (including phenoxy) is 1. The molecule has 0 aliphatic carbocycles. The second-order valence-electron chi connectivity index (χ2n) is 5.05.